The molecule has 0 spiro atoms. The fourth-order valence-corrected chi connectivity index (χ4v) is 3.49. The summed E-state index contributed by atoms with van der Waals surface area (Å²) >= 11 is 0. The van der Waals surface area contributed by atoms with Gasteiger partial charge in [-0.05, 0) is 31.0 Å². The van der Waals surface area contributed by atoms with E-state index >= 15 is 0 Å². The Morgan fingerprint density at radius 2 is 1.96 bits per heavy atom. The molecule has 2 atom stereocenters. The van der Waals surface area contributed by atoms with Crippen LogP contribution in [0.1, 0.15) is 36.1 Å². The first kappa shape index (κ1) is 19.8. The summed E-state index contributed by atoms with van der Waals surface area (Å²) in [5, 5.41) is 6.17. The molecule has 1 aliphatic rings. The van der Waals surface area contributed by atoms with E-state index in [9.17, 15) is 4.79 Å². The van der Waals surface area contributed by atoms with Gasteiger partial charge in [-0.25, -0.2) is 9.97 Å². The van der Waals surface area contributed by atoms with Gasteiger partial charge in [0, 0.05) is 18.2 Å². The topological polar surface area (TPSA) is 114 Å². The number of nitrogens with one attached hydrogen (secondary N) is 3. The lowest BCUT2D eigenvalue weighted by atomic mass is 9.86. The van der Waals surface area contributed by atoms with Crippen molar-refractivity contribution in [2.24, 2.45) is 0 Å². The number of aromatic amines is 1. The molecular weight excluding hydrogens is 354 g/mol. The molecule has 0 aliphatic carbocycles. The second kappa shape index (κ2) is 8.75. The second-order valence-corrected chi connectivity index (χ2v) is 6.07. The molecule has 138 valence electrons. The summed E-state index contributed by atoms with van der Waals surface area (Å²) in [7, 11) is 0. The Morgan fingerprint density at radius 1 is 1.15 bits per heavy atom. The summed E-state index contributed by atoms with van der Waals surface area (Å²) in [6.45, 7) is 0.937. The fourth-order valence-electron chi connectivity index (χ4n) is 3.49. The molecule has 2 unspecified atom stereocenters. The van der Waals surface area contributed by atoms with E-state index in [0.717, 1.165) is 36.1 Å². The molecule has 1 saturated heterocycles. The zero-order valence-electron chi connectivity index (χ0n) is 14.1. The number of fused-ring (bicyclic) bond motifs is 1. The molecule has 0 bridgehead atoms. The van der Waals surface area contributed by atoms with Gasteiger partial charge >= 0.3 is 0 Å². The number of H-pyrrole nitrogens is 1. The summed E-state index contributed by atoms with van der Waals surface area (Å²) < 4.78 is 0. The van der Waals surface area contributed by atoms with E-state index in [2.05, 4.69) is 49.9 Å². The van der Waals surface area contributed by atoms with E-state index in [0.29, 0.717) is 24.3 Å². The Hall–Kier alpha value is -2.48. The number of anilines is 1. The normalized spacial score (nSPS) is 19.2. The van der Waals surface area contributed by atoms with Crippen LogP contribution >= 0.6 is 12.4 Å². The number of hydrogen-bond acceptors (Lipinski definition) is 4. The Kier molecular flexibility index (Phi) is 6.68. The minimum atomic E-state index is 0. The number of piperidine rings is 1. The summed E-state index contributed by atoms with van der Waals surface area (Å²) in [4.78, 5) is 23.0. The molecule has 7 nitrogen and oxygen atoms in total. The van der Waals surface area contributed by atoms with Gasteiger partial charge < -0.3 is 15.8 Å². The average Bonchev–Trinajstić information content (AvgIpc) is 3.11. The van der Waals surface area contributed by atoms with Crippen molar-refractivity contribution in [1.29, 1.82) is 0 Å². The number of hydrogen-bond donors (Lipinski definition) is 3. The van der Waals surface area contributed by atoms with Crippen molar-refractivity contribution in [2.45, 2.75) is 24.8 Å². The molecule has 3 aromatic rings. The van der Waals surface area contributed by atoms with Crippen molar-refractivity contribution in [2.75, 3.05) is 11.9 Å². The molecule has 1 fully saturated rings. The molecule has 0 radical (unpaired) electrons. The third-order valence-corrected chi connectivity index (χ3v) is 4.61. The van der Waals surface area contributed by atoms with Crippen molar-refractivity contribution < 1.29 is 10.3 Å². The molecule has 1 aliphatic heterocycles. The number of carbonyl (C=O) groups excluding carboxylic acids is 1. The van der Waals surface area contributed by atoms with Crippen molar-refractivity contribution in [3.8, 4) is 0 Å². The summed E-state index contributed by atoms with van der Waals surface area (Å²) in [6, 6.07) is 12.7. The Bertz CT molecular complexity index is 855. The van der Waals surface area contributed by atoms with Crippen molar-refractivity contribution >= 4 is 35.8 Å². The number of carbonyl (C=O) groups is 1. The van der Waals surface area contributed by atoms with Crippen LogP contribution < -0.4 is 10.6 Å². The number of amides is 1. The lowest BCUT2D eigenvalue weighted by molar-refractivity contribution is -0.105. The van der Waals surface area contributed by atoms with Crippen LogP contribution in [-0.4, -0.2) is 33.4 Å². The molecule has 5 N–H and O–H groups in total. The van der Waals surface area contributed by atoms with E-state index in [-0.39, 0.29) is 17.9 Å². The highest BCUT2D eigenvalue weighted by atomic mass is 35.5. The Morgan fingerprint density at radius 3 is 2.73 bits per heavy atom. The fraction of sp³-hybridized carbons (Fsp3) is 0.278. The SMILES string of the molecule is Cl.O.O=CNc1nc(C2CCNC(c3ccccc3)C2)c2[nH]ccc2n1. The van der Waals surface area contributed by atoms with Gasteiger partial charge in [0.05, 0.1) is 16.7 Å². The first-order valence-corrected chi connectivity index (χ1v) is 8.18. The van der Waals surface area contributed by atoms with Crippen LogP contribution in [0.2, 0.25) is 0 Å². The van der Waals surface area contributed by atoms with Gasteiger partial charge in [0.15, 0.2) is 0 Å². The zero-order valence-corrected chi connectivity index (χ0v) is 14.9. The average molecular weight is 376 g/mol. The third kappa shape index (κ3) is 3.85. The predicted octanol–water partition coefficient (Wildman–Crippen LogP) is 2.33. The Balaban J connectivity index is 0.00000121. The van der Waals surface area contributed by atoms with E-state index in [1.165, 1.54) is 5.56 Å². The monoisotopic (exact) mass is 375 g/mol. The quantitative estimate of drug-likeness (QED) is 0.607. The first-order valence-electron chi connectivity index (χ1n) is 8.18. The lowest BCUT2D eigenvalue weighted by Gasteiger charge is -2.30. The van der Waals surface area contributed by atoms with Crippen LogP contribution in [0.3, 0.4) is 0 Å². The first-order chi connectivity index (χ1) is 11.8. The van der Waals surface area contributed by atoms with Crippen LogP contribution in [-0.2, 0) is 4.79 Å². The Labute approximate surface area is 157 Å². The number of halogens is 1. The van der Waals surface area contributed by atoms with Crippen LogP contribution in [0.15, 0.2) is 42.6 Å². The largest absolute Gasteiger partial charge is 0.412 e. The molecule has 1 amide bonds. The van der Waals surface area contributed by atoms with Gasteiger partial charge in [-0.3, -0.25) is 10.1 Å². The molecule has 4 rings (SSSR count). The van der Waals surface area contributed by atoms with Crippen LogP contribution in [0.5, 0.6) is 0 Å². The van der Waals surface area contributed by atoms with Gasteiger partial charge in [-0.15, -0.1) is 12.4 Å². The number of rotatable bonds is 4. The number of benzene rings is 1. The van der Waals surface area contributed by atoms with Crippen molar-refractivity contribution in [3.05, 3.63) is 53.9 Å². The maximum Gasteiger partial charge on any atom is 0.230 e. The summed E-state index contributed by atoms with van der Waals surface area (Å²) in [5.74, 6) is 0.676. The highest BCUT2D eigenvalue weighted by Crippen LogP contribution is 2.36. The molecular formula is C18H22ClN5O2. The minimum Gasteiger partial charge on any atom is -0.412 e. The summed E-state index contributed by atoms with van der Waals surface area (Å²) in [5.41, 5.74) is 4.08. The molecule has 2 aromatic heterocycles. The van der Waals surface area contributed by atoms with Crippen LogP contribution in [0.4, 0.5) is 5.95 Å². The van der Waals surface area contributed by atoms with Gasteiger partial charge in [-0.2, -0.15) is 0 Å². The maximum atomic E-state index is 10.8. The van der Waals surface area contributed by atoms with Crippen LogP contribution in [0.25, 0.3) is 11.0 Å². The highest BCUT2D eigenvalue weighted by molar-refractivity contribution is 5.85. The number of nitrogens with zero attached hydrogens (tertiary/aromatic N) is 2. The second-order valence-electron chi connectivity index (χ2n) is 6.07. The van der Waals surface area contributed by atoms with E-state index in [1.807, 2.05) is 18.3 Å². The molecule has 0 saturated carbocycles. The minimum absolute atomic E-state index is 0. The van der Waals surface area contributed by atoms with Gasteiger partial charge in [0.25, 0.3) is 0 Å². The molecule has 26 heavy (non-hydrogen) atoms. The smallest absolute Gasteiger partial charge is 0.230 e. The van der Waals surface area contributed by atoms with E-state index in [1.54, 1.807) is 0 Å². The molecule has 8 heteroatoms. The van der Waals surface area contributed by atoms with Crippen molar-refractivity contribution in [1.82, 2.24) is 20.3 Å². The highest BCUT2D eigenvalue weighted by Gasteiger charge is 2.27. The van der Waals surface area contributed by atoms with Crippen molar-refractivity contribution in [3.63, 3.8) is 0 Å². The third-order valence-electron chi connectivity index (χ3n) is 4.61. The van der Waals surface area contributed by atoms with Crippen LogP contribution in [0, 0.1) is 0 Å². The molecule has 1 aromatic carbocycles. The summed E-state index contributed by atoms with van der Waals surface area (Å²) in [6.07, 6.45) is 4.46. The number of aromatic nitrogens is 3. The maximum absolute atomic E-state index is 10.8. The van der Waals surface area contributed by atoms with E-state index in [4.69, 9.17) is 0 Å². The molecule has 3 heterocycles. The lowest BCUT2D eigenvalue weighted by Crippen LogP contribution is -2.31. The van der Waals surface area contributed by atoms with Gasteiger partial charge in [-0.1, -0.05) is 30.3 Å². The standard InChI is InChI=1S/C18H19N5O.ClH.H2O/c24-11-21-18-22-14-7-9-20-17(14)16(23-18)13-6-8-19-15(10-13)12-4-2-1-3-5-12;;/h1-5,7,9,11,13,15,19-20H,6,8,10H2,(H,21,22,23,24);1H;1H2. The van der Waals surface area contributed by atoms with Gasteiger partial charge in [0.2, 0.25) is 12.4 Å². The predicted molar refractivity (Wildman–Crippen MR) is 104 cm³/mol. The van der Waals surface area contributed by atoms with E-state index < -0.39 is 0 Å². The van der Waals surface area contributed by atoms with Gasteiger partial charge in [0.1, 0.15) is 0 Å². The zero-order chi connectivity index (χ0) is 16.4.